The van der Waals surface area contributed by atoms with E-state index in [1.165, 1.54) is 104 Å². The van der Waals surface area contributed by atoms with Crippen molar-refractivity contribution in [3.8, 4) is 50.4 Å². The first-order chi connectivity index (χ1) is 72.8. The first-order valence-electron chi connectivity index (χ1n) is 50.0. The van der Waals surface area contributed by atoms with Gasteiger partial charge in [0.15, 0.2) is 0 Å². The van der Waals surface area contributed by atoms with Crippen LogP contribution in [0.2, 0.25) is 0 Å². The normalized spacial score (nSPS) is 11.7. The van der Waals surface area contributed by atoms with Gasteiger partial charge in [-0.2, -0.15) is 0 Å². The van der Waals surface area contributed by atoms with E-state index < -0.39 is 0 Å². The fourth-order valence-electron chi connectivity index (χ4n) is 22.3. The highest BCUT2D eigenvalue weighted by atomic mass is 16.3. The number of para-hydroxylation sites is 9. The van der Waals surface area contributed by atoms with E-state index in [0.29, 0.717) is 0 Å². The number of hydrogen-bond donors (Lipinski definition) is 0. The van der Waals surface area contributed by atoms with Crippen LogP contribution >= 0.6 is 0 Å². The van der Waals surface area contributed by atoms with Gasteiger partial charge in [0.1, 0.15) is 33.5 Å². The number of anilines is 9. The van der Waals surface area contributed by atoms with Gasteiger partial charge in [0.05, 0.1) is 33.1 Å². The minimum atomic E-state index is 0.909. The minimum Gasteiger partial charge on any atom is -0.456 e. The molecule has 0 atom stereocenters. The van der Waals surface area contributed by atoms with E-state index >= 15 is 0 Å². The van der Waals surface area contributed by atoms with Crippen LogP contribution in [0.25, 0.3) is 214 Å². The van der Waals surface area contributed by atoms with E-state index in [9.17, 15) is 0 Å². The summed E-state index contributed by atoms with van der Waals surface area (Å²) in [5.41, 5.74) is 32.8. The third-order valence-electron chi connectivity index (χ3n) is 29.2. The Morgan fingerprint density at radius 3 is 0.748 bits per heavy atom. The number of furan rings is 3. The van der Waals surface area contributed by atoms with Crippen LogP contribution in [0.15, 0.2) is 559 Å². The molecule has 0 N–H and O–H groups in total. The Balaban J connectivity index is 0.000000107. The van der Waals surface area contributed by atoms with Crippen molar-refractivity contribution in [2.75, 3.05) is 14.7 Å². The summed E-state index contributed by atoms with van der Waals surface area (Å²) in [6.45, 7) is 0. The summed E-state index contributed by atoms with van der Waals surface area (Å²) in [5.74, 6) is 0. The molecule has 6 heterocycles. The van der Waals surface area contributed by atoms with Gasteiger partial charge in [-0.3, -0.25) is 0 Å². The molecule has 6 aromatic heterocycles. The molecule has 0 saturated carbocycles. The summed E-state index contributed by atoms with van der Waals surface area (Å²) in [4.78, 5) is 7.02. The molecule has 147 heavy (non-hydrogen) atoms. The van der Waals surface area contributed by atoms with Crippen molar-refractivity contribution in [2.45, 2.75) is 0 Å². The lowest BCUT2D eigenvalue weighted by molar-refractivity contribution is 0.669. The monoisotopic (exact) mass is 1880 g/mol. The molecule has 0 fully saturated rings. The molecule has 0 saturated heterocycles. The Labute approximate surface area is 846 Å². The molecule has 0 aliphatic rings. The van der Waals surface area contributed by atoms with Crippen molar-refractivity contribution in [1.29, 1.82) is 0 Å². The fraction of sp³-hybridized carbons (Fsp3) is 0. The molecule has 9 heteroatoms. The Hall–Kier alpha value is -19.7. The average molecular weight is 1880 g/mol. The van der Waals surface area contributed by atoms with E-state index in [-0.39, 0.29) is 0 Å². The predicted octanol–water partition coefficient (Wildman–Crippen LogP) is 38.9. The van der Waals surface area contributed by atoms with E-state index in [4.69, 9.17) is 13.3 Å². The van der Waals surface area contributed by atoms with Gasteiger partial charge >= 0.3 is 0 Å². The number of benzene rings is 24. The zero-order valence-electron chi connectivity index (χ0n) is 79.9. The molecule has 0 bridgehead atoms. The third kappa shape index (κ3) is 15.2. The lowest BCUT2D eigenvalue weighted by Crippen LogP contribution is -2.10. The van der Waals surface area contributed by atoms with Gasteiger partial charge in [0.25, 0.3) is 0 Å². The van der Waals surface area contributed by atoms with Crippen molar-refractivity contribution in [3.63, 3.8) is 0 Å². The molecule has 30 rings (SSSR count). The number of fused-ring (bicyclic) bond motifs is 21. The van der Waals surface area contributed by atoms with Gasteiger partial charge in [0.2, 0.25) is 0 Å². The van der Waals surface area contributed by atoms with Crippen LogP contribution < -0.4 is 14.7 Å². The highest BCUT2D eigenvalue weighted by molar-refractivity contribution is 6.21. The Morgan fingerprint density at radius 2 is 0.381 bits per heavy atom. The zero-order valence-corrected chi connectivity index (χ0v) is 79.9. The van der Waals surface area contributed by atoms with Gasteiger partial charge in [-0.1, -0.05) is 322 Å². The van der Waals surface area contributed by atoms with Crippen molar-refractivity contribution < 1.29 is 13.3 Å². The first-order valence-corrected chi connectivity index (χ1v) is 50.0. The molecular weight excluding hydrogens is 1790 g/mol. The van der Waals surface area contributed by atoms with Crippen molar-refractivity contribution >= 4 is 215 Å². The molecule has 30 aromatic rings. The molecule has 0 spiro atoms. The lowest BCUT2D eigenvalue weighted by Gasteiger charge is -2.26. The van der Waals surface area contributed by atoms with Gasteiger partial charge in [0, 0.05) is 133 Å². The predicted molar refractivity (Wildman–Crippen MR) is 617 cm³/mol. The van der Waals surface area contributed by atoms with Gasteiger partial charge in [-0.15, -0.1) is 0 Å². The average Bonchev–Trinajstić information content (AvgIpc) is 1.58. The van der Waals surface area contributed by atoms with Gasteiger partial charge in [-0.25, -0.2) is 0 Å². The second-order valence-corrected chi connectivity index (χ2v) is 37.9. The number of nitrogens with zero attached hydrogens (tertiary/aromatic N) is 6. The van der Waals surface area contributed by atoms with Crippen LogP contribution in [-0.2, 0) is 0 Å². The Kier molecular flexibility index (Phi) is 20.8. The van der Waals surface area contributed by atoms with Crippen LogP contribution in [-0.4, -0.2) is 13.7 Å². The molecule has 9 nitrogen and oxygen atoms in total. The van der Waals surface area contributed by atoms with Crippen molar-refractivity contribution in [3.05, 3.63) is 546 Å². The molecule has 0 aliphatic heterocycles. The maximum absolute atomic E-state index is 6.32. The van der Waals surface area contributed by atoms with Crippen LogP contribution in [0.4, 0.5) is 51.2 Å². The molecule has 0 aliphatic carbocycles. The molecule has 0 amide bonds. The van der Waals surface area contributed by atoms with E-state index in [2.05, 4.69) is 538 Å². The van der Waals surface area contributed by atoms with Crippen molar-refractivity contribution in [2.24, 2.45) is 0 Å². The molecule has 0 unspecified atom stereocenters. The third-order valence-corrected chi connectivity index (χ3v) is 29.2. The second kappa shape index (κ2) is 35.8. The van der Waals surface area contributed by atoms with Gasteiger partial charge < -0.3 is 41.7 Å². The Morgan fingerprint density at radius 1 is 0.122 bits per heavy atom. The minimum absolute atomic E-state index is 0.909. The Bertz CT molecular complexity index is 10400. The highest BCUT2D eigenvalue weighted by Gasteiger charge is 2.26. The summed E-state index contributed by atoms with van der Waals surface area (Å²) in [5, 5.41) is 21.4. The maximum atomic E-state index is 6.32. The molecule has 690 valence electrons. The van der Waals surface area contributed by atoms with Crippen LogP contribution in [0, 0.1) is 0 Å². The van der Waals surface area contributed by atoms with Crippen LogP contribution in [0.3, 0.4) is 0 Å². The summed E-state index contributed by atoms with van der Waals surface area (Å²) in [6, 6.07) is 195. The second-order valence-electron chi connectivity index (χ2n) is 37.9. The summed E-state index contributed by atoms with van der Waals surface area (Å²) in [6.07, 6.45) is 0. The quantitative estimate of drug-likeness (QED) is 0.102. The summed E-state index contributed by atoms with van der Waals surface area (Å²) < 4.78 is 26.1. The highest BCUT2D eigenvalue weighted by Crippen LogP contribution is 2.48. The topological polar surface area (TPSA) is 63.9 Å². The number of rotatable bonds is 15. The first kappa shape index (κ1) is 85.3. The smallest absolute Gasteiger partial charge is 0.136 e. The number of hydrogen-bond acceptors (Lipinski definition) is 6. The number of aromatic nitrogens is 3. The fourth-order valence-corrected chi connectivity index (χ4v) is 22.3. The SMILES string of the molecule is c1ccc(N(c2ccc(-c3ccc4ccccc4c3)cc2)c2cccc(-n3c4ccccc4c4cc5oc6ccccc6c5cc43)c2)cc1.c1ccc(N(c2ccc(-n3c4ccccc4c4cc5oc6ccccc6c5cc43)cc2)c2cccc(-c3ccc4ccccc4c3)c2)cc1.c1ccc(N(c2cccc(-c3ccc4ccccc4c3)c2)c2cccc(-n3c4ccccc4c4cc5oc6ccccc6c5cc43)c2)cc1. The van der Waals surface area contributed by atoms with Crippen LogP contribution in [0.5, 0.6) is 0 Å². The molecule has 0 radical (unpaired) electrons. The largest absolute Gasteiger partial charge is 0.456 e. The zero-order chi connectivity index (χ0) is 96.9. The van der Waals surface area contributed by atoms with E-state index in [1.54, 1.807) is 0 Å². The standard InChI is InChI=1S/3C46H30N2O/c1-2-15-35(16-3-1)47(36-17-10-14-33(27-36)34-25-24-31-12-4-5-13-32(31)26-34)37-18-11-19-38(28-37)48-43-22-8-6-20-39(43)41-30-46-42(29-44(41)48)40-21-7-9-23-45(40)49-46;1-2-14-35(15-3-1)47(38-16-10-13-33(28-38)34-22-21-31-11-4-5-12-32(31)27-34)36-23-25-37(26-24-36)48-43-19-8-6-17-39(43)41-30-46-42(29-44(41)48)40-18-7-9-20-45(40)49-46;1-2-13-35(14-3-1)47(36-25-23-32(24-26-36)34-22-21-31-11-4-5-12-33(31)27-34)37-15-10-16-38(28-37)48-43-19-8-6-17-39(43)41-30-46-42(29-44(41)48)40-18-7-9-20-45(40)49-46/h3*1-30H. The maximum Gasteiger partial charge on any atom is 0.136 e. The van der Waals surface area contributed by atoms with Crippen LogP contribution in [0.1, 0.15) is 0 Å². The van der Waals surface area contributed by atoms with Crippen molar-refractivity contribution in [1.82, 2.24) is 13.7 Å². The molecule has 24 aromatic carbocycles. The van der Waals surface area contributed by atoms with E-state index in [1.807, 2.05) is 36.4 Å². The van der Waals surface area contributed by atoms with Gasteiger partial charge in [-0.05, 0) is 290 Å². The summed E-state index contributed by atoms with van der Waals surface area (Å²) in [7, 11) is 0. The molecular formula is C138H90N6O3. The summed E-state index contributed by atoms with van der Waals surface area (Å²) >= 11 is 0. The van der Waals surface area contributed by atoms with E-state index in [0.717, 1.165) is 162 Å². The lowest BCUT2D eigenvalue weighted by atomic mass is 10.0.